The smallest absolute Gasteiger partial charge is 0.268 e. The number of anilines is 1. The van der Waals surface area contributed by atoms with Crippen LogP contribution in [0.5, 0.6) is 0 Å². The van der Waals surface area contributed by atoms with Gasteiger partial charge in [0.25, 0.3) is 5.91 Å². The summed E-state index contributed by atoms with van der Waals surface area (Å²) in [6.45, 7) is 3.62. The lowest BCUT2D eigenvalue weighted by Gasteiger charge is -2.11. The van der Waals surface area contributed by atoms with Gasteiger partial charge in [-0.1, -0.05) is 5.16 Å². The maximum absolute atomic E-state index is 14.6. The number of nitrogens with zero attached hydrogens (tertiary/aromatic N) is 3. The molecule has 2 heterocycles. The third kappa shape index (κ3) is 3.78. The van der Waals surface area contributed by atoms with Crippen molar-refractivity contribution in [3.8, 4) is 5.69 Å². The van der Waals surface area contributed by atoms with Gasteiger partial charge in [0.1, 0.15) is 17.3 Å². The highest BCUT2D eigenvalue weighted by molar-refractivity contribution is 6.06. The van der Waals surface area contributed by atoms with Crippen LogP contribution in [0.4, 0.5) is 18.9 Å². The number of carbonyl (C=O) groups is 1. The van der Waals surface area contributed by atoms with Crippen molar-refractivity contribution >= 4 is 17.3 Å². The molecule has 154 valence electrons. The number of hydrogen-bond acceptors (Lipinski definition) is 4. The van der Waals surface area contributed by atoms with Gasteiger partial charge in [0.15, 0.2) is 5.82 Å². The summed E-state index contributed by atoms with van der Waals surface area (Å²) in [6.07, 6.45) is -1.08. The van der Waals surface area contributed by atoms with Crippen LogP contribution in [0.1, 0.15) is 23.4 Å². The first-order chi connectivity index (χ1) is 14.3. The normalized spacial score (nSPS) is 15.6. The highest BCUT2D eigenvalue weighted by Gasteiger charge is 2.30. The van der Waals surface area contributed by atoms with Crippen LogP contribution in [0.2, 0.25) is 0 Å². The van der Waals surface area contributed by atoms with Crippen molar-refractivity contribution in [3.63, 3.8) is 0 Å². The van der Waals surface area contributed by atoms with E-state index in [4.69, 9.17) is 4.84 Å². The Labute approximate surface area is 170 Å². The molecule has 9 heteroatoms. The SMILES string of the molecule is Cc1cc(C)n(-c2ccc(NC(=O)C3CC(c4cc(F)ccc4F)=NO3)cc2F)n1. The van der Waals surface area contributed by atoms with E-state index in [0.717, 1.165) is 29.6 Å². The summed E-state index contributed by atoms with van der Waals surface area (Å²) in [5.41, 5.74) is 2.06. The highest BCUT2D eigenvalue weighted by atomic mass is 19.1. The van der Waals surface area contributed by atoms with Gasteiger partial charge in [0.2, 0.25) is 6.10 Å². The van der Waals surface area contributed by atoms with Crippen molar-refractivity contribution in [1.82, 2.24) is 9.78 Å². The Morgan fingerprint density at radius 1 is 1.10 bits per heavy atom. The van der Waals surface area contributed by atoms with Crippen LogP contribution in [0.25, 0.3) is 5.69 Å². The third-order valence-corrected chi connectivity index (χ3v) is 4.65. The van der Waals surface area contributed by atoms with Gasteiger partial charge in [-0.2, -0.15) is 5.10 Å². The molecule has 0 fully saturated rings. The molecular weight excluding hydrogens is 397 g/mol. The number of aryl methyl sites for hydroxylation is 2. The molecular formula is C21H17F3N4O2. The monoisotopic (exact) mass is 414 g/mol. The van der Waals surface area contributed by atoms with E-state index >= 15 is 0 Å². The van der Waals surface area contributed by atoms with Gasteiger partial charge in [-0.05, 0) is 56.3 Å². The second-order valence-corrected chi connectivity index (χ2v) is 6.95. The second-order valence-electron chi connectivity index (χ2n) is 6.95. The molecule has 4 rings (SSSR count). The Kier molecular flexibility index (Phi) is 5.03. The molecule has 3 aromatic rings. The summed E-state index contributed by atoms with van der Waals surface area (Å²) in [5, 5.41) is 10.5. The standard InChI is InChI=1S/C21H17F3N4O2/c1-11-7-12(2)28(26-11)19-6-4-14(9-17(19)24)25-21(29)20-10-18(27-30-20)15-8-13(22)3-5-16(15)23/h3-9,20H,10H2,1-2H3,(H,25,29). The van der Waals surface area contributed by atoms with Gasteiger partial charge in [-0.25, -0.2) is 17.9 Å². The predicted octanol–water partition coefficient (Wildman–Crippen LogP) is 4.04. The molecule has 1 N–H and O–H groups in total. The molecule has 1 amide bonds. The van der Waals surface area contributed by atoms with E-state index in [1.165, 1.54) is 22.9 Å². The van der Waals surface area contributed by atoms with Crippen LogP contribution in [0.3, 0.4) is 0 Å². The van der Waals surface area contributed by atoms with E-state index in [-0.39, 0.29) is 29.1 Å². The fraction of sp³-hybridized carbons (Fsp3) is 0.190. The molecule has 1 aliphatic rings. The minimum Gasteiger partial charge on any atom is -0.382 e. The molecule has 2 aromatic carbocycles. The summed E-state index contributed by atoms with van der Waals surface area (Å²) in [4.78, 5) is 17.5. The van der Waals surface area contributed by atoms with E-state index in [9.17, 15) is 18.0 Å². The molecule has 0 saturated carbocycles. The molecule has 0 bridgehead atoms. The van der Waals surface area contributed by atoms with E-state index in [0.29, 0.717) is 0 Å². The molecule has 0 radical (unpaired) electrons. The van der Waals surface area contributed by atoms with Crippen molar-refractivity contribution in [2.45, 2.75) is 26.4 Å². The quantitative estimate of drug-likeness (QED) is 0.701. The van der Waals surface area contributed by atoms with Crippen molar-refractivity contribution in [2.75, 3.05) is 5.32 Å². The number of aromatic nitrogens is 2. The lowest BCUT2D eigenvalue weighted by molar-refractivity contribution is -0.125. The second kappa shape index (κ2) is 7.66. The Bertz CT molecular complexity index is 1170. The van der Waals surface area contributed by atoms with E-state index in [2.05, 4.69) is 15.6 Å². The molecule has 1 atom stereocenters. The van der Waals surface area contributed by atoms with Gasteiger partial charge >= 0.3 is 0 Å². The minimum absolute atomic E-state index is 0.0431. The number of halogens is 3. The molecule has 30 heavy (non-hydrogen) atoms. The van der Waals surface area contributed by atoms with E-state index in [1.54, 1.807) is 0 Å². The fourth-order valence-electron chi connectivity index (χ4n) is 3.25. The molecule has 1 aromatic heterocycles. The van der Waals surface area contributed by atoms with Gasteiger partial charge in [0, 0.05) is 23.4 Å². The first kappa shape index (κ1) is 19.7. The Hall–Kier alpha value is -3.62. The topological polar surface area (TPSA) is 68.5 Å². The first-order valence-electron chi connectivity index (χ1n) is 9.14. The van der Waals surface area contributed by atoms with E-state index < -0.39 is 29.5 Å². The largest absolute Gasteiger partial charge is 0.382 e. The van der Waals surface area contributed by atoms with Crippen LogP contribution in [0.15, 0.2) is 47.6 Å². The van der Waals surface area contributed by atoms with Crippen LogP contribution in [-0.4, -0.2) is 27.5 Å². The van der Waals surface area contributed by atoms with Crippen LogP contribution in [0, 0.1) is 31.3 Å². The number of carbonyl (C=O) groups excluding carboxylic acids is 1. The number of nitrogens with one attached hydrogen (secondary N) is 1. The summed E-state index contributed by atoms with van der Waals surface area (Å²) >= 11 is 0. The average Bonchev–Trinajstić information content (AvgIpc) is 3.30. The number of oxime groups is 1. The zero-order valence-electron chi connectivity index (χ0n) is 16.1. The average molecular weight is 414 g/mol. The molecule has 0 saturated heterocycles. The summed E-state index contributed by atoms with van der Waals surface area (Å²) in [7, 11) is 0. The molecule has 1 unspecified atom stereocenters. The van der Waals surface area contributed by atoms with Crippen molar-refractivity contribution < 1.29 is 22.8 Å². The van der Waals surface area contributed by atoms with Gasteiger partial charge in [-0.3, -0.25) is 4.79 Å². The zero-order valence-corrected chi connectivity index (χ0v) is 16.1. The summed E-state index contributed by atoms with van der Waals surface area (Å²) in [6, 6.07) is 9.00. The van der Waals surface area contributed by atoms with Gasteiger partial charge < -0.3 is 10.2 Å². The Morgan fingerprint density at radius 3 is 2.60 bits per heavy atom. The highest BCUT2D eigenvalue weighted by Crippen LogP contribution is 2.23. The van der Waals surface area contributed by atoms with Gasteiger partial charge in [-0.15, -0.1) is 0 Å². The Balaban J connectivity index is 1.45. The number of benzene rings is 2. The van der Waals surface area contributed by atoms with Crippen LogP contribution >= 0.6 is 0 Å². The number of amides is 1. The maximum atomic E-state index is 14.6. The number of hydrogen-bond donors (Lipinski definition) is 1. The Morgan fingerprint density at radius 2 is 1.90 bits per heavy atom. The lowest BCUT2D eigenvalue weighted by atomic mass is 10.0. The number of rotatable bonds is 4. The van der Waals surface area contributed by atoms with E-state index in [1.807, 2.05) is 19.9 Å². The van der Waals surface area contributed by atoms with Crippen LogP contribution < -0.4 is 5.32 Å². The zero-order chi connectivity index (χ0) is 21.4. The van der Waals surface area contributed by atoms with Crippen molar-refractivity contribution in [3.05, 3.63) is 76.9 Å². The predicted molar refractivity (Wildman–Crippen MR) is 104 cm³/mol. The third-order valence-electron chi connectivity index (χ3n) is 4.65. The first-order valence-corrected chi connectivity index (χ1v) is 9.14. The van der Waals surface area contributed by atoms with Crippen molar-refractivity contribution in [2.24, 2.45) is 5.16 Å². The molecule has 1 aliphatic heterocycles. The fourth-order valence-corrected chi connectivity index (χ4v) is 3.25. The summed E-state index contributed by atoms with van der Waals surface area (Å²) < 4.78 is 43.3. The maximum Gasteiger partial charge on any atom is 0.268 e. The molecule has 0 aliphatic carbocycles. The minimum atomic E-state index is -1.04. The molecule has 0 spiro atoms. The van der Waals surface area contributed by atoms with Gasteiger partial charge in [0.05, 0.1) is 11.4 Å². The molecule has 6 nitrogen and oxygen atoms in total. The lowest BCUT2D eigenvalue weighted by Crippen LogP contribution is -2.28. The summed E-state index contributed by atoms with van der Waals surface area (Å²) in [5.74, 6) is -2.43. The van der Waals surface area contributed by atoms with Crippen LogP contribution in [-0.2, 0) is 9.63 Å². The van der Waals surface area contributed by atoms with Crippen molar-refractivity contribution in [1.29, 1.82) is 0 Å².